The number of rotatable bonds is 3. The summed E-state index contributed by atoms with van der Waals surface area (Å²) in [5, 5.41) is 7.44. The predicted molar refractivity (Wildman–Crippen MR) is 99.3 cm³/mol. The number of hydrogen-bond acceptors (Lipinski definition) is 2. The summed E-state index contributed by atoms with van der Waals surface area (Å²) in [6.07, 6.45) is 0.718. The molecule has 0 spiro atoms. The Balaban J connectivity index is 2.00. The average molecular weight is 314 g/mol. The van der Waals surface area contributed by atoms with Crippen molar-refractivity contribution in [3.05, 3.63) is 72.3 Å². The van der Waals surface area contributed by atoms with Crippen molar-refractivity contribution in [3.8, 4) is 0 Å². The fourth-order valence-electron chi connectivity index (χ4n) is 3.48. The molecule has 0 aromatic heterocycles. The van der Waals surface area contributed by atoms with Gasteiger partial charge in [0.05, 0.1) is 6.61 Å². The number of hydrogen-bond donors (Lipinski definition) is 0. The van der Waals surface area contributed by atoms with Gasteiger partial charge in [0.15, 0.2) is 0 Å². The quantitative estimate of drug-likeness (QED) is 0.293. The van der Waals surface area contributed by atoms with E-state index in [2.05, 4.69) is 66.7 Å². The van der Waals surface area contributed by atoms with Crippen LogP contribution in [0.5, 0.6) is 0 Å². The lowest BCUT2D eigenvalue weighted by Crippen LogP contribution is -2.04. The van der Waals surface area contributed by atoms with Crippen molar-refractivity contribution in [2.24, 2.45) is 0 Å². The molecule has 0 aliphatic rings. The van der Waals surface area contributed by atoms with Gasteiger partial charge in [0.2, 0.25) is 0 Å². The van der Waals surface area contributed by atoms with Crippen LogP contribution in [0, 0.1) is 0 Å². The van der Waals surface area contributed by atoms with Crippen molar-refractivity contribution >= 4 is 38.3 Å². The molecule has 4 aromatic rings. The third-order valence-corrected chi connectivity index (χ3v) is 4.54. The Morgan fingerprint density at radius 1 is 0.792 bits per heavy atom. The second-order valence-electron chi connectivity index (χ2n) is 6.05. The summed E-state index contributed by atoms with van der Waals surface area (Å²) in [7, 11) is 0. The Kier molecular flexibility index (Phi) is 3.66. The van der Waals surface area contributed by atoms with Crippen LogP contribution >= 0.6 is 0 Å². The van der Waals surface area contributed by atoms with Crippen LogP contribution in [0.3, 0.4) is 0 Å². The molecule has 2 heteroatoms. The van der Waals surface area contributed by atoms with Crippen LogP contribution in [0.25, 0.3) is 32.3 Å². The molecule has 0 fully saturated rings. The zero-order valence-corrected chi connectivity index (χ0v) is 13.6. The van der Waals surface area contributed by atoms with Gasteiger partial charge in [-0.3, -0.25) is 4.79 Å². The van der Waals surface area contributed by atoms with Crippen LogP contribution in [-0.4, -0.2) is 12.6 Å². The van der Waals surface area contributed by atoms with E-state index in [0.29, 0.717) is 6.61 Å². The summed E-state index contributed by atoms with van der Waals surface area (Å²) < 4.78 is 5.19. The Morgan fingerprint density at radius 2 is 1.50 bits per heavy atom. The summed E-state index contributed by atoms with van der Waals surface area (Å²) in [5.41, 5.74) is 1.25. The minimum Gasteiger partial charge on any atom is -0.466 e. The van der Waals surface area contributed by atoms with Crippen molar-refractivity contribution in [3.63, 3.8) is 0 Å². The van der Waals surface area contributed by atoms with Gasteiger partial charge in [0.1, 0.15) is 0 Å². The lowest BCUT2D eigenvalue weighted by Gasteiger charge is -2.13. The SMILES string of the molecule is CC(=O)OCCc1c2ccccc2cc2c1ccc1ccccc12. The lowest BCUT2D eigenvalue weighted by molar-refractivity contribution is -0.140. The van der Waals surface area contributed by atoms with E-state index >= 15 is 0 Å². The number of carbonyl (C=O) groups is 1. The first-order chi connectivity index (χ1) is 11.7. The first-order valence-electron chi connectivity index (χ1n) is 8.19. The molecule has 24 heavy (non-hydrogen) atoms. The Bertz CT molecular complexity index is 1060. The molecular formula is C22H18O2. The highest BCUT2D eigenvalue weighted by molar-refractivity contribution is 6.14. The van der Waals surface area contributed by atoms with Crippen molar-refractivity contribution in [1.29, 1.82) is 0 Å². The van der Waals surface area contributed by atoms with Crippen LogP contribution in [0.2, 0.25) is 0 Å². The molecule has 0 bridgehead atoms. The number of carbonyl (C=O) groups excluding carboxylic acids is 1. The van der Waals surface area contributed by atoms with E-state index in [4.69, 9.17) is 4.74 Å². The Hall–Kier alpha value is -2.87. The molecule has 4 rings (SSSR count). The van der Waals surface area contributed by atoms with Crippen molar-refractivity contribution < 1.29 is 9.53 Å². The first-order valence-corrected chi connectivity index (χ1v) is 8.19. The number of ether oxygens (including phenoxy) is 1. The molecule has 0 atom stereocenters. The molecule has 0 saturated carbocycles. The van der Waals surface area contributed by atoms with E-state index in [1.807, 2.05) is 0 Å². The second kappa shape index (κ2) is 5.97. The van der Waals surface area contributed by atoms with Crippen LogP contribution in [0.4, 0.5) is 0 Å². The lowest BCUT2D eigenvalue weighted by atomic mass is 9.92. The van der Waals surface area contributed by atoms with Gasteiger partial charge in [-0.1, -0.05) is 60.7 Å². The van der Waals surface area contributed by atoms with Gasteiger partial charge in [-0.05, 0) is 43.9 Å². The maximum atomic E-state index is 11.1. The Labute approximate surface area is 140 Å². The molecule has 118 valence electrons. The standard InChI is InChI=1S/C22H18O2/c1-15(23)24-13-12-21-19-9-5-3-7-17(19)14-22-18-8-4-2-6-16(18)10-11-20(21)22/h2-11,14H,12-13H2,1H3. The Morgan fingerprint density at radius 3 is 2.29 bits per heavy atom. The van der Waals surface area contributed by atoms with Crippen LogP contribution in [0.15, 0.2) is 66.7 Å². The second-order valence-corrected chi connectivity index (χ2v) is 6.05. The van der Waals surface area contributed by atoms with Crippen molar-refractivity contribution in [2.75, 3.05) is 6.61 Å². The third kappa shape index (κ3) is 2.50. The predicted octanol–water partition coefficient (Wildman–Crippen LogP) is 5.25. The molecule has 0 N–H and O–H groups in total. The highest BCUT2D eigenvalue weighted by atomic mass is 16.5. The molecule has 4 aromatic carbocycles. The van der Waals surface area contributed by atoms with E-state index < -0.39 is 0 Å². The third-order valence-electron chi connectivity index (χ3n) is 4.54. The molecule has 0 unspecified atom stereocenters. The molecule has 0 radical (unpaired) electrons. The van der Waals surface area contributed by atoms with Crippen molar-refractivity contribution in [1.82, 2.24) is 0 Å². The highest BCUT2D eigenvalue weighted by Crippen LogP contribution is 2.33. The van der Waals surface area contributed by atoms with Gasteiger partial charge >= 0.3 is 5.97 Å². The molecule has 2 nitrogen and oxygen atoms in total. The summed E-state index contributed by atoms with van der Waals surface area (Å²) in [6, 6.07) is 23.5. The molecule has 0 heterocycles. The smallest absolute Gasteiger partial charge is 0.302 e. The topological polar surface area (TPSA) is 26.3 Å². The molecular weight excluding hydrogens is 296 g/mol. The normalized spacial score (nSPS) is 11.2. The number of benzene rings is 4. The van der Waals surface area contributed by atoms with E-state index in [1.54, 1.807) is 0 Å². The van der Waals surface area contributed by atoms with Gasteiger partial charge in [-0.25, -0.2) is 0 Å². The van der Waals surface area contributed by atoms with Gasteiger partial charge < -0.3 is 4.74 Å². The van der Waals surface area contributed by atoms with Gasteiger partial charge in [-0.2, -0.15) is 0 Å². The van der Waals surface area contributed by atoms with E-state index in [9.17, 15) is 4.79 Å². The number of fused-ring (bicyclic) bond motifs is 4. The maximum absolute atomic E-state index is 11.1. The zero-order valence-electron chi connectivity index (χ0n) is 13.6. The van der Waals surface area contributed by atoms with Gasteiger partial charge in [0, 0.05) is 13.3 Å². The zero-order chi connectivity index (χ0) is 16.5. The maximum Gasteiger partial charge on any atom is 0.302 e. The van der Waals surface area contributed by atoms with Crippen LogP contribution in [0.1, 0.15) is 12.5 Å². The summed E-state index contributed by atoms with van der Waals surface area (Å²) in [5.74, 6) is -0.231. The summed E-state index contributed by atoms with van der Waals surface area (Å²) >= 11 is 0. The molecule has 0 amide bonds. The van der Waals surface area contributed by atoms with Gasteiger partial charge in [-0.15, -0.1) is 0 Å². The summed E-state index contributed by atoms with van der Waals surface area (Å²) in [4.78, 5) is 11.1. The van der Waals surface area contributed by atoms with E-state index in [-0.39, 0.29) is 5.97 Å². The molecule has 0 aliphatic carbocycles. The van der Waals surface area contributed by atoms with Crippen LogP contribution < -0.4 is 0 Å². The highest BCUT2D eigenvalue weighted by Gasteiger charge is 2.10. The monoisotopic (exact) mass is 314 g/mol. The fraction of sp³-hybridized carbons (Fsp3) is 0.136. The largest absolute Gasteiger partial charge is 0.466 e. The summed E-state index contributed by atoms with van der Waals surface area (Å²) in [6.45, 7) is 1.86. The molecule has 0 aliphatic heterocycles. The van der Waals surface area contributed by atoms with Crippen molar-refractivity contribution in [2.45, 2.75) is 13.3 Å². The van der Waals surface area contributed by atoms with Crippen LogP contribution in [-0.2, 0) is 16.0 Å². The fourth-order valence-corrected chi connectivity index (χ4v) is 3.48. The first kappa shape index (κ1) is 14.7. The van der Waals surface area contributed by atoms with E-state index in [1.165, 1.54) is 44.8 Å². The van der Waals surface area contributed by atoms with E-state index in [0.717, 1.165) is 6.42 Å². The number of esters is 1. The van der Waals surface area contributed by atoms with Gasteiger partial charge in [0.25, 0.3) is 0 Å². The molecule has 0 saturated heterocycles. The average Bonchev–Trinajstić information content (AvgIpc) is 2.61. The minimum absolute atomic E-state index is 0.231. The minimum atomic E-state index is -0.231.